The van der Waals surface area contributed by atoms with E-state index in [0.29, 0.717) is 6.54 Å². The Morgan fingerprint density at radius 2 is 2.11 bits per heavy atom. The van der Waals surface area contributed by atoms with Gasteiger partial charge in [0.1, 0.15) is 5.75 Å². The van der Waals surface area contributed by atoms with Crippen LogP contribution in [-0.4, -0.2) is 37.6 Å². The number of amides is 1. The number of nitrogens with one attached hydrogen (secondary N) is 1. The fourth-order valence-corrected chi connectivity index (χ4v) is 2.75. The molecule has 1 heterocycles. The molecule has 1 aliphatic rings. The Bertz CT molecular complexity index is 445. The van der Waals surface area contributed by atoms with Crippen LogP contribution in [0.5, 0.6) is 5.75 Å². The Morgan fingerprint density at radius 1 is 1.37 bits per heavy atom. The summed E-state index contributed by atoms with van der Waals surface area (Å²) in [6.45, 7) is 2.14. The topological polar surface area (TPSA) is 41.6 Å². The summed E-state index contributed by atoms with van der Waals surface area (Å²) in [4.78, 5) is 13.9. The van der Waals surface area contributed by atoms with Crippen LogP contribution in [0.25, 0.3) is 0 Å². The predicted octanol–water partition coefficient (Wildman–Crippen LogP) is 2.88. The molecule has 1 aromatic carbocycles. The van der Waals surface area contributed by atoms with Crippen molar-refractivity contribution in [2.75, 3.05) is 32.1 Å². The fourth-order valence-electron chi connectivity index (χ4n) is 2.21. The highest BCUT2D eigenvalue weighted by atomic mass is 79.9. The van der Waals surface area contributed by atoms with E-state index in [0.717, 1.165) is 41.8 Å². The van der Waals surface area contributed by atoms with Crippen LogP contribution < -0.4 is 10.1 Å². The van der Waals surface area contributed by atoms with Gasteiger partial charge in [-0.05, 0) is 53.4 Å². The number of piperidine rings is 1. The van der Waals surface area contributed by atoms with Gasteiger partial charge in [0.25, 0.3) is 0 Å². The third-order valence-corrected chi connectivity index (χ3v) is 3.92. The number of hydrogen-bond acceptors (Lipinski definition) is 3. The van der Waals surface area contributed by atoms with Gasteiger partial charge in [0.2, 0.25) is 5.91 Å². The third kappa shape index (κ3) is 3.86. The normalized spacial score (nSPS) is 15.2. The zero-order valence-corrected chi connectivity index (χ0v) is 12.7. The van der Waals surface area contributed by atoms with Crippen LogP contribution in [0.2, 0.25) is 0 Å². The monoisotopic (exact) mass is 326 g/mol. The number of ether oxygens (including phenoxy) is 1. The highest BCUT2D eigenvalue weighted by molar-refractivity contribution is 9.10. The van der Waals surface area contributed by atoms with E-state index < -0.39 is 0 Å². The second-order valence-corrected chi connectivity index (χ2v) is 5.50. The van der Waals surface area contributed by atoms with Crippen molar-refractivity contribution < 1.29 is 9.53 Å². The van der Waals surface area contributed by atoms with Crippen molar-refractivity contribution in [3.8, 4) is 5.75 Å². The molecule has 1 aliphatic heterocycles. The molecule has 0 aromatic heterocycles. The first kappa shape index (κ1) is 14.2. The Morgan fingerprint density at radius 3 is 2.74 bits per heavy atom. The average molecular weight is 327 g/mol. The SMILES string of the molecule is COc1ccc(NCC(=O)N2CCCCC2)cc1Br. The molecule has 5 heteroatoms. The number of methoxy groups -OCH3 is 1. The van der Waals surface area contributed by atoms with Crippen LogP contribution in [0, 0.1) is 0 Å². The lowest BCUT2D eigenvalue weighted by Crippen LogP contribution is -2.39. The smallest absolute Gasteiger partial charge is 0.241 e. The summed E-state index contributed by atoms with van der Waals surface area (Å²) >= 11 is 3.43. The molecule has 1 aromatic rings. The number of anilines is 1. The van der Waals surface area contributed by atoms with Crippen molar-refractivity contribution in [1.29, 1.82) is 0 Å². The van der Waals surface area contributed by atoms with Gasteiger partial charge in [-0.1, -0.05) is 0 Å². The fraction of sp³-hybridized carbons (Fsp3) is 0.500. The van der Waals surface area contributed by atoms with Crippen LogP contribution in [0.1, 0.15) is 19.3 Å². The summed E-state index contributed by atoms with van der Waals surface area (Å²) in [5.41, 5.74) is 0.915. The van der Waals surface area contributed by atoms with Gasteiger partial charge in [-0.25, -0.2) is 0 Å². The lowest BCUT2D eigenvalue weighted by atomic mass is 10.1. The van der Waals surface area contributed by atoms with Crippen LogP contribution in [-0.2, 0) is 4.79 Å². The quantitative estimate of drug-likeness (QED) is 0.925. The first-order chi connectivity index (χ1) is 9.20. The van der Waals surface area contributed by atoms with Gasteiger partial charge in [0.15, 0.2) is 0 Å². The number of likely N-dealkylation sites (tertiary alicyclic amines) is 1. The second kappa shape index (κ2) is 6.80. The molecule has 1 N–H and O–H groups in total. The van der Waals surface area contributed by atoms with Crippen LogP contribution in [0.4, 0.5) is 5.69 Å². The Labute approximate surface area is 122 Å². The number of nitrogens with zero attached hydrogens (tertiary/aromatic N) is 1. The standard InChI is InChI=1S/C14H19BrN2O2/c1-19-13-6-5-11(9-12(13)15)16-10-14(18)17-7-3-2-4-8-17/h5-6,9,16H,2-4,7-8,10H2,1H3. The van der Waals surface area contributed by atoms with Crippen molar-refractivity contribution in [2.24, 2.45) is 0 Å². The molecule has 4 nitrogen and oxygen atoms in total. The molecule has 0 atom stereocenters. The van der Waals surface area contributed by atoms with E-state index in [4.69, 9.17) is 4.74 Å². The summed E-state index contributed by atoms with van der Waals surface area (Å²) in [6.07, 6.45) is 3.49. The van der Waals surface area contributed by atoms with Gasteiger partial charge in [0.05, 0.1) is 18.1 Å². The summed E-state index contributed by atoms with van der Waals surface area (Å²) in [5, 5.41) is 3.16. The molecule has 0 unspecified atom stereocenters. The highest BCUT2D eigenvalue weighted by Gasteiger charge is 2.15. The number of rotatable bonds is 4. The Kier molecular flexibility index (Phi) is 5.07. The molecule has 0 aliphatic carbocycles. The lowest BCUT2D eigenvalue weighted by molar-refractivity contribution is -0.130. The number of carbonyl (C=O) groups excluding carboxylic acids is 1. The molecule has 1 amide bonds. The molecule has 0 saturated carbocycles. The number of halogens is 1. The Hall–Kier alpha value is -1.23. The van der Waals surface area contributed by atoms with Crippen molar-refractivity contribution in [1.82, 2.24) is 4.90 Å². The molecule has 0 spiro atoms. The molecular weight excluding hydrogens is 308 g/mol. The third-order valence-electron chi connectivity index (χ3n) is 3.30. The van der Waals surface area contributed by atoms with E-state index in [-0.39, 0.29) is 5.91 Å². The molecule has 19 heavy (non-hydrogen) atoms. The maximum Gasteiger partial charge on any atom is 0.241 e. The van der Waals surface area contributed by atoms with Gasteiger partial charge in [0, 0.05) is 18.8 Å². The minimum absolute atomic E-state index is 0.173. The molecule has 2 rings (SSSR count). The maximum atomic E-state index is 12.0. The van der Waals surface area contributed by atoms with Gasteiger partial charge >= 0.3 is 0 Å². The van der Waals surface area contributed by atoms with Gasteiger partial charge in [-0.2, -0.15) is 0 Å². The summed E-state index contributed by atoms with van der Waals surface area (Å²) in [6, 6.07) is 5.70. The van der Waals surface area contributed by atoms with Crippen molar-refractivity contribution in [3.63, 3.8) is 0 Å². The van der Waals surface area contributed by atoms with Crippen molar-refractivity contribution in [2.45, 2.75) is 19.3 Å². The number of carbonyl (C=O) groups is 1. The predicted molar refractivity (Wildman–Crippen MR) is 79.6 cm³/mol. The number of benzene rings is 1. The lowest BCUT2D eigenvalue weighted by Gasteiger charge is -2.26. The highest BCUT2D eigenvalue weighted by Crippen LogP contribution is 2.27. The zero-order chi connectivity index (χ0) is 13.7. The molecule has 1 saturated heterocycles. The molecular formula is C14H19BrN2O2. The molecule has 0 radical (unpaired) electrons. The summed E-state index contributed by atoms with van der Waals surface area (Å²) in [5.74, 6) is 0.958. The van der Waals surface area contributed by atoms with Gasteiger partial charge in [-0.3, -0.25) is 4.79 Å². The van der Waals surface area contributed by atoms with Crippen molar-refractivity contribution >= 4 is 27.5 Å². The van der Waals surface area contributed by atoms with Crippen LogP contribution in [0.15, 0.2) is 22.7 Å². The van der Waals surface area contributed by atoms with Crippen LogP contribution >= 0.6 is 15.9 Å². The van der Waals surface area contributed by atoms with Gasteiger partial charge < -0.3 is 15.0 Å². The van der Waals surface area contributed by atoms with E-state index >= 15 is 0 Å². The minimum atomic E-state index is 0.173. The van der Waals surface area contributed by atoms with E-state index in [1.165, 1.54) is 6.42 Å². The number of hydrogen-bond donors (Lipinski definition) is 1. The summed E-state index contributed by atoms with van der Waals surface area (Å²) < 4.78 is 6.05. The Balaban J connectivity index is 1.87. The van der Waals surface area contributed by atoms with Crippen LogP contribution in [0.3, 0.4) is 0 Å². The van der Waals surface area contributed by atoms with E-state index in [1.807, 2.05) is 23.1 Å². The van der Waals surface area contributed by atoms with Gasteiger partial charge in [-0.15, -0.1) is 0 Å². The summed E-state index contributed by atoms with van der Waals surface area (Å²) in [7, 11) is 1.63. The van der Waals surface area contributed by atoms with E-state index in [9.17, 15) is 4.79 Å². The van der Waals surface area contributed by atoms with Crippen molar-refractivity contribution in [3.05, 3.63) is 22.7 Å². The first-order valence-corrected chi connectivity index (χ1v) is 7.35. The molecule has 0 bridgehead atoms. The average Bonchev–Trinajstić information content (AvgIpc) is 2.46. The first-order valence-electron chi connectivity index (χ1n) is 6.56. The zero-order valence-electron chi connectivity index (χ0n) is 11.1. The second-order valence-electron chi connectivity index (χ2n) is 4.64. The van der Waals surface area contributed by atoms with E-state index in [2.05, 4.69) is 21.2 Å². The molecule has 1 fully saturated rings. The largest absolute Gasteiger partial charge is 0.496 e. The maximum absolute atomic E-state index is 12.0. The minimum Gasteiger partial charge on any atom is -0.496 e. The van der Waals surface area contributed by atoms with E-state index in [1.54, 1.807) is 7.11 Å². The molecule has 104 valence electrons.